The van der Waals surface area contributed by atoms with E-state index in [1.54, 1.807) is 11.0 Å². The average molecular weight is 265 g/mol. The summed E-state index contributed by atoms with van der Waals surface area (Å²) in [7, 11) is 1.82. The summed E-state index contributed by atoms with van der Waals surface area (Å²) in [5, 5.41) is 0.192. The van der Waals surface area contributed by atoms with Gasteiger partial charge in [-0.05, 0) is 12.2 Å². The van der Waals surface area contributed by atoms with E-state index >= 15 is 0 Å². The van der Waals surface area contributed by atoms with Crippen LogP contribution in [0.3, 0.4) is 0 Å². The number of carbonyl (C=O) groups is 1. The van der Waals surface area contributed by atoms with Gasteiger partial charge in [-0.1, -0.05) is 40.9 Å². The second kappa shape index (κ2) is 5.40. The quantitative estimate of drug-likeness (QED) is 0.563. The normalized spacial score (nSPS) is 20.1. The van der Waals surface area contributed by atoms with Crippen molar-refractivity contribution in [2.24, 2.45) is 0 Å². The molecule has 5 heteroatoms. The summed E-state index contributed by atoms with van der Waals surface area (Å²) in [5.74, 6) is 0. The molecular formula is C10H8Cl3NO. The van der Waals surface area contributed by atoms with Crippen LogP contribution in [0.15, 0.2) is 45.2 Å². The van der Waals surface area contributed by atoms with Gasteiger partial charge in [0.2, 0.25) is 0 Å². The van der Waals surface area contributed by atoms with Crippen LogP contribution in [0, 0.1) is 0 Å². The molecule has 0 amide bonds. The second-order valence-electron chi connectivity index (χ2n) is 2.79. The van der Waals surface area contributed by atoms with Gasteiger partial charge in [0.25, 0.3) is 0 Å². The van der Waals surface area contributed by atoms with Crippen LogP contribution in [0.2, 0.25) is 0 Å². The highest BCUT2D eigenvalue weighted by molar-refractivity contribution is 6.51. The van der Waals surface area contributed by atoms with Crippen LogP contribution < -0.4 is 0 Å². The fraction of sp³-hybridized carbons (Fsp3) is 0.100. The van der Waals surface area contributed by atoms with Crippen molar-refractivity contribution in [2.45, 2.75) is 0 Å². The molecule has 1 aliphatic rings. The van der Waals surface area contributed by atoms with Crippen molar-refractivity contribution in [1.82, 2.24) is 4.90 Å². The minimum atomic E-state index is -0.106. The largest absolute Gasteiger partial charge is 0.350 e. The number of nitrogens with zero attached hydrogens (tertiary/aromatic N) is 1. The van der Waals surface area contributed by atoms with Crippen LogP contribution in [-0.2, 0) is 4.79 Å². The first kappa shape index (κ1) is 12.4. The van der Waals surface area contributed by atoms with E-state index < -0.39 is 0 Å². The molecule has 0 aliphatic carbocycles. The van der Waals surface area contributed by atoms with Gasteiger partial charge in [0.1, 0.15) is 5.03 Å². The predicted octanol–water partition coefficient (Wildman–Crippen LogP) is 3.34. The zero-order valence-electron chi connectivity index (χ0n) is 7.88. The molecule has 1 aliphatic heterocycles. The third-order valence-electron chi connectivity index (χ3n) is 1.79. The highest BCUT2D eigenvalue weighted by Gasteiger charge is 2.13. The van der Waals surface area contributed by atoms with Crippen LogP contribution in [0.4, 0.5) is 0 Å². The Bertz CT molecular complexity index is 393. The van der Waals surface area contributed by atoms with Crippen LogP contribution in [-0.4, -0.2) is 18.2 Å². The Morgan fingerprint density at radius 3 is 2.53 bits per heavy atom. The van der Waals surface area contributed by atoms with E-state index in [1.807, 2.05) is 25.4 Å². The van der Waals surface area contributed by atoms with Gasteiger partial charge in [0.05, 0.1) is 15.8 Å². The number of rotatable bonds is 2. The number of carbonyl (C=O) groups excluding carboxylic acids is 1. The minimum absolute atomic E-state index is 0.0510. The van der Waals surface area contributed by atoms with E-state index in [9.17, 15) is 4.79 Å². The zero-order valence-corrected chi connectivity index (χ0v) is 10.1. The van der Waals surface area contributed by atoms with E-state index in [0.717, 1.165) is 0 Å². The van der Waals surface area contributed by atoms with E-state index in [2.05, 4.69) is 0 Å². The molecule has 1 rings (SSSR count). The summed E-state index contributed by atoms with van der Waals surface area (Å²) in [6, 6.07) is 0. The molecule has 0 radical (unpaired) electrons. The lowest BCUT2D eigenvalue weighted by Gasteiger charge is -2.19. The van der Waals surface area contributed by atoms with E-state index in [0.29, 0.717) is 12.0 Å². The summed E-state index contributed by atoms with van der Waals surface area (Å²) in [5.41, 5.74) is 0.684. The van der Waals surface area contributed by atoms with Crippen LogP contribution in [0.25, 0.3) is 0 Å². The van der Waals surface area contributed by atoms with Crippen molar-refractivity contribution in [2.75, 3.05) is 7.05 Å². The van der Waals surface area contributed by atoms with Gasteiger partial charge in [-0.3, -0.25) is 4.79 Å². The van der Waals surface area contributed by atoms with Crippen molar-refractivity contribution in [1.29, 1.82) is 0 Å². The molecule has 80 valence electrons. The molecule has 0 N–H and O–H groups in total. The van der Waals surface area contributed by atoms with E-state index in [4.69, 9.17) is 34.8 Å². The Hall–Kier alpha value is -0.700. The van der Waals surface area contributed by atoms with Gasteiger partial charge in [0, 0.05) is 13.2 Å². The Labute approximate surface area is 103 Å². The number of allylic oxidation sites excluding steroid dienone is 6. The SMILES string of the molecule is CN1C=CC=C/C1=C(Cl)/C(Cl)=C(/Cl)C=O. The third-order valence-corrected chi connectivity index (χ3v) is 3.03. The number of aldehydes is 1. The van der Waals surface area contributed by atoms with E-state index in [-0.39, 0.29) is 15.1 Å². The number of likely N-dealkylation sites (N-methyl/N-ethyl adjacent to an activating group) is 1. The summed E-state index contributed by atoms with van der Waals surface area (Å²) < 4.78 is 0. The molecule has 0 aromatic heterocycles. The maximum atomic E-state index is 10.4. The molecule has 0 spiro atoms. The lowest BCUT2D eigenvalue weighted by molar-refractivity contribution is -0.104. The Kier molecular flexibility index (Phi) is 4.45. The molecule has 0 unspecified atom stereocenters. The first-order valence-electron chi connectivity index (χ1n) is 4.06. The Morgan fingerprint density at radius 2 is 2.00 bits per heavy atom. The number of hydrogen-bond donors (Lipinski definition) is 0. The molecular weight excluding hydrogens is 256 g/mol. The molecule has 2 nitrogen and oxygen atoms in total. The smallest absolute Gasteiger partial charge is 0.162 e. The molecule has 0 fully saturated rings. The summed E-state index contributed by atoms with van der Waals surface area (Å²) >= 11 is 17.4. The number of hydrogen-bond acceptors (Lipinski definition) is 2. The summed E-state index contributed by atoms with van der Waals surface area (Å²) in [6.07, 6.45) is 7.72. The first-order chi connectivity index (χ1) is 7.07. The molecule has 0 aromatic rings. The van der Waals surface area contributed by atoms with Crippen LogP contribution in [0.1, 0.15) is 0 Å². The molecule has 15 heavy (non-hydrogen) atoms. The van der Waals surface area contributed by atoms with Gasteiger partial charge >= 0.3 is 0 Å². The summed E-state index contributed by atoms with van der Waals surface area (Å²) in [6.45, 7) is 0. The predicted molar refractivity (Wildman–Crippen MR) is 63.7 cm³/mol. The molecule has 0 atom stereocenters. The van der Waals surface area contributed by atoms with Gasteiger partial charge in [0.15, 0.2) is 6.29 Å². The van der Waals surface area contributed by atoms with E-state index in [1.165, 1.54) is 0 Å². The average Bonchev–Trinajstić information content (AvgIpc) is 2.26. The first-order valence-corrected chi connectivity index (χ1v) is 5.19. The number of halogens is 3. The maximum absolute atomic E-state index is 10.4. The second-order valence-corrected chi connectivity index (χ2v) is 3.95. The third kappa shape index (κ3) is 2.88. The molecule has 0 saturated carbocycles. The van der Waals surface area contributed by atoms with Crippen molar-refractivity contribution in [3.8, 4) is 0 Å². The summed E-state index contributed by atoms with van der Waals surface area (Å²) in [4.78, 5) is 12.2. The Balaban J connectivity index is 3.16. The van der Waals surface area contributed by atoms with Gasteiger partial charge in [-0.15, -0.1) is 0 Å². The zero-order chi connectivity index (χ0) is 11.4. The molecule has 0 bridgehead atoms. The standard InChI is InChI=1S/C10H8Cl3NO/c1-14-5-3-2-4-8(14)10(13)9(12)7(11)6-15/h2-6H,1H3/b9-7-,10-8+. The van der Waals surface area contributed by atoms with Crippen LogP contribution in [0.5, 0.6) is 0 Å². The monoisotopic (exact) mass is 263 g/mol. The lowest BCUT2D eigenvalue weighted by atomic mass is 10.2. The minimum Gasteiger partial charge on any atom is -0.350 e. The fourth-order valence-corrected chi connectivity index (χ4v) is 1.60. The topological polar surface area (TPSA) is 20.3 Å². The Morgan fingerprint density at radius 1 is 1.33 bits per heavy atom. The van der Waals surface area contributed by atoms with Crippen molar-refractivity contribution in [3.63, 3.8) is 0 Å². The highest BCUT2D eigenvalue weighted by atomic mass is 35.5. The molecule has 0 aromatic carbocycles. The van der Waals surface area contributed by atoms with Crippen molar-refractivity contribution >= 4 is 41.1 Å². The maximum Gasteiger partial charge on any atom is 0.162 e. The molecule has 1 heterocycles. The molecule has 0 saturated heterocycles. The van der Waals surface area contributed by atoms with Crippen LogP contribution >= 0.6 is 34.8 Å². The highest BCUT2D eigenvalue weighted by Crippen LogP contribution is 2.29. The van der Waals surface area contributed by atoms with Gasteiger partial charge < -0.3 is 4.90 Å². The fourth-order valence-electron chi connectivity index (χ4n) is 1.02. The van der Waals surface area contributed by atoms with Crippen molar-refractivity contribution < 1.29 is 4.79 Å². The lowest BCUT2D eigenvalue weighted by Crippen LogP contribution is -2.12. The van der Waals surface area contributed by atoms with Gasteiger partial charge in [-0.2, -0.15) is 0 Å². The van der Waals surface area contributed by atoms with Gasteiger partial charge in [-0.25, -0.2) is 0 Å². The van der Waals surface area contributed by atoms with Crippen molar-refractivity contribution in [3.05, 3.63) is 45.2 Å².